The van der Waals surface area contributed by atoms with Gasteiger partial charge in [-0.1, -0.05) is 13.8 Å². The second kappa shape index (κ2) is 8.96. The fraction of sp³-hybridized carbons (Fsp3) is 0.923. The Morgan fingerprint density at radius 1 is 1.22 bits per heavy atom. The number of aliphatic imine (C=N–C) groups is 1. The number of likely N-dealkylation sites (N-methyl/N-ethyl adjacent to an activating group) is 1. The number of guanidine groups is 1. The molecule has 108 valence electrons. The van der Waals surface area contributed by atoms with Crippen molar-refractivity contribution in [1.82, 2.24) is 15.5 Å². The predicted octanol–water partition coefficient (Wildman–Crippen LogP) is 1.91. The SMILES string of the molecule is CN=C(NCC(C)C)NCC(C)N(C)C1CC1.I. The summed E-state index contributed by atoms with van der Waals surface area (Å²) in [5, 5.41) is 6.71. The summed E-state index contributed by atoms with van der Waals surface area (Å²) in [6.45, 7) is 8.58. The molecule has 1 aliphatic carbocycles. The minimum absolute atomic E-state index is 0. The number of halogens is 1. The lowest BCUT2D eigenvalue weighted by molar-refractivity contribution is 0.247. The molecule has 0 aromatic rings. The standard InChI is InChI=1S/C13H28N4.HI/c1-10(2)8-15-13(14-4)16-9-11(3)17(5)12-6-7-12;/h10-12H,6-9H2,1-5H3,(H2,14,15,16);1H. The molecule has 2 N–H and O–H groups in total. The Hall–Kier alpha value is -0.0400. The molecule has 1 atom stereocenters. The second-order valence-corrected chi connectivity index (χ2v) is 5.47. The van der Waals surface area contributed by atoms with Gasteiger partial charge in [-0.3, -0.25) is 9.89 Å². The van der Waals surface area contributed by atoms with E-state index in [4.69, 9.17) is 0 Å². The summed E-state index contributed by atoms with van der Waals surface area (Å²) in [4.78, 5) is 6.69. The monoisotopic (exact) mass is 368 g/mol. The minimum atomic E-state index is 0. The summed E-state index contributed by atoms with van der Waals surface area (Å²) in [5.41, 5.74) is 0. The van der Waals surface area contributed by atoms with E-state index in [0.717, 1.165) is 25.1 Å². The molecule has 1 fully saturated rings. The summed E-state index contributed by atoms with van der Waals surface area (Å²) >= 11 is 0. The number of nitrogens with zero attached hydrogens (tertiary/aromatic N) is 2. The maximum Gasteiger partial charge on any atom is 0.191 e. The van der Waals surface area contributed by atoms with Crippen molar-refractivity contribution in [1.29, 1.82) is 0 Å². The summed E-state index contributed by atoms with van der Waals surface area (Å²) in [6.07, 6.45) is 2.72. The van der Waals surface area contributed by atoms with Crippen LogP contribution in [0.4, 0.5) is 0 Å². The number of rotatable bonds is 6. The summed E-state index contributed by atoms with van der Waals surface area (Å²) in [5.74, 6) is 1.55. The van der Waals surface area contributed by atoms with Crippen LogP contribution in [0.1, 0.15) is 33.6 Å². The third-order valence-corrected chi connectivity index (χ3v) is 3.28. The van der Waals surface area contributed by atoms with Gasteiger partial charge in [0.05, 0.1) is 0 Å². The highest BCUT2D eigenvalue weighted by molar-refractivity contribution is 14.0. The van der Waals surface area contributed by atoms with Crippen molar-refractivity contribution in [3.63, 3.8) is 0 Å². The molecular weight excluding hydrogens is 339 g/mol. The molecule has 1 rings (SSSR count). The van der Waals surface area contributed by atoms with Crippen LogP contribution in [-0.2, 0) is 0 Å². The van der Waals surface area contributed by atoms with Gasteiger partial charge in [0.15, 0.2) is 5.96 Å². The maximum atomic E-state index is 4.23. The van der Waals surface area contributed by atoms with E-state index in [0.29, 0.717) is 12.0 Å². The molecule has 0 saturated heterocycles. The zero-order valence-electron chi connectivity index (χ0n) is 12.4. The van der Waals surface area contributed by atoms with Crippen molar-refractivity contribution in [2.24, 2.45) is 10.9 Å². The van der Waals surface area contributed by atoms with Gasteiger partial charge in [0.2, 0.25) is 0 Å². The van der Waals surface area contributed by atoms with E-state index in [2.05, 4.69) is 48.3 Å². The van der Waals surface area contributed by atoms with Crippen LogP contribution in [0.2, 0.25) is 0 Å². The fourth-order valence-corrected chi connectivity index (χ4v) is 1.75. The Morgan fingerprint density at radius 2 is 1.78 bits per heavy atom. The zero-order chi connectivity index (χ0) is 12.8. The van der Waals surface area contributed by atoms with Gasteiger partial charge in [0, 0.05) is 32.2 Å². The first-order valence-corrected chi connectivity index (χ1v) is 6.71. The largest absolute Gasteiger partial charge is 0.356 e. The molecule has 1 unspecified atom stereocenters. The fourth-order valence-electron chi connectivity index (χ4n) is 1.75. The van der Waals surface area contributed by atoms with Crippen LogP contribution in [0.25, 0.3) is 0 Å². The van der Waals surface area contributed by atoms with E-state index in [1.807, 2.05) is 7.05 Å². The van der Waals surface area contributed by atoms with Crippen LogP contribution < -0.4 is 10.6 Å². The molecule has 0 amide bonds. The molecule has 0 radical (unpaired) electrons. The van der Waals surface area contributed by atoms with Gasteiger partial charge in [-0.05, 0) is 32.7 Å². The Balaban J connectivity index is 0.00000289. The summed E-state index contributed by atoms with van der Waals surface area (Å²) in [6, 6.07) is 1.37. The molecule has 0 aromatic heterocycles. The zero-order valence-corrected chi connectivity index (χ0v) is 14.7. The smallest absolute Gasteiger partial charge is 0.191 e. The van der Waals surface area contributed by atoms with Crippen LogP contribution in [0.5, 0.6) is 0 Å². The van der Waals surface area contributed by atoms with Crippen molar-refractivity contribution < 1.29 is 0 Å². The maximum absolute atomic E-state index is 4.23. The van der Waals surface area contributed by atoms with Crippen molar-refractivity contribution >= 4 is 29.9 Å². The van der Waals surface area contributed by atoms with E-state index in [9.17, 15) is 0 Å². The average Bonchev–Trinajstić information content (AvgIpc) is 3.11. The van der Waals surface area contributed by atoms with Gasteiger partial charge in [-0.2, -0.15) is 0 Å². The molecular formula is C13H29IN4. The molecule has 5 heteroatoms. The van der Waals surface area contributed by atoms with Crippen molar-refractivity contribution in [2.45, 2.75) is 45.7 Å². The van der Waals surface area contributed by atoms with Crippen molar-refractivity contribution in [3.8, 4) is 0 Å². The number of hydrogen-bond acceptors (Lipinski definition) is 2. The van der Waals surface area contributed by atoms with Gasteiger partial charge < -0.3 is 10.6 Å². The van der Waals surface area contributed by atoms with Crippen LogP contribution >= 0.6 is 24.0 Å². The lowest BCUT2D eigenvalue weighted by Gasteiger charge is -2.25. The Labute approximate surface area is 129 Å². The van der Waals surface area contributed by atoms with Gasteiger partial charge in [0.1, 0.15) is 0 Å². The van der Waals surface area contributed by atoms with Crippen LogP contribution in [0.3, 0.4) is 0 Å². The quantitative estimate of drug-likeness (QED) is 0.428. The summed E-state index contributed by atoms with van der Waals surface area (Å²) < 4.78 is 0. The van der Waals surface area contributed by atoms with Gasteiger partial charge in [-0.15, -0.1) is 24.0 Å². The lowest BCUT2D eigenvalue weighted by Crippen LogP contribution is -2.46. The Morgan fingerprint density at radius 3 is 2.22 bits per heavy atom. The minimum Gasteiger partial charge on any atom is -0.356 e. The lowest BCUT2D eigenvalue weighted by atomic mass is 10.2. The van der Waals surface area contributed by atoms with E-state index < -0.39 is 0 Å². The Bertz CT molecular complexity index is 251. The third-order valence-electron chi connectivity index (χ3n) is 3.28. The van der Waals surface area contributed by atoms with Gasteiger partial charge >= 0.3 is 0 Å². The summed E-state index contributed by atoms with van der Waals surface area (Å²) in [7, 11) is 4.04. The van der Waals surface area contributed by atoms with Crippen molar-refractivity contribution in [2.75, 3.05) is 27.2 Å². The number of nitrogens with one attached hydrogen (secondary N) is 2. The van der Waals surface area contributed by atoms with Crippen molar-refractivity contribution in [3.05, 3.63) is 0 Å². The van der Waals surface area contributed by atoms with Crippen LogP contribution in [-0.4, -0.2) is 50.1 Å². The van der Waals surface area contributed by atoms with Crippen LogP contribution in [0, 0.1) is 5.92 Å². The molecule has 0 aromatic carbocycles. The molecule has 0 spiro atoms. The first kappa shape index (κ1) is 18.0. The molecule has 1 saturated carbocycles. The highest BCUT2D eigenvalue weighted by Gasteiger charge is 2.28. The molecule has 18 heavy (non-hydrogen) atoms. The highest BCUT2D eigenvalue weighted by atomic mass is 127. The normalized spacial score (nSPS) is 17.6. The second-order valence-electron chi connectivity index (χ2n) is 5.47. The molecule has 0 aliphatic heterocycles. The predicted molar refractivity (Wildman–Crippen MR) is 89.9 cm³/mol. The first-order valence-electron chi connectivity index (χ1n) is 6.71. The Kier molecular flexibility index (Phi) is 8.94. The molecule has 0 heterocycles. The highest BCUT2D eigenvalue weighted by Crippen LogP contribution is 2.26. The van der Waals surface area contributed by atoms with Crippen LogP contribution in [0.15, 0.2) is 4.99 Å². The first-order chi connectivity index (χ1) is 8.04. The third kappa shape index (κ3) is 6.78. The van der Waals surface area contributed by atoms with Gasteiger partial charge in [0.25, 0.3) is 0 Å². The molecule has 0 bridgehead atoms. The van der Waals surface area contributed by atoms with E-state index >= 15 is 0 Å². The molecule has 4 nitrogen and oxygen atoms in total. The van der Waals surface area contributed by atoms with E-state index in [-0.39, 0.29) is 24.0 Å². The topological polar surface area (TPSA) is 39.7 Å². The molecule has 1 aliphatic rings. The van der Waals surface area contributed by atoms with Gasteiger partial charge in [-0.25, -0.2) is 0 Å². The number of hydrogen-bond donors (Lipinski definition) is 2. The van der Waals surface area contributed by atoms with E-state index in [1.165, 1.54) is 12.8 Å². The average molecular weight is 368 g/mol. The van der Waals surface area contributed by atoms with E-state index in [1.54, 1.807) is 0 Å².